The first kappa shape index (κ1) is 25.2. The van der Waals surface area contributed by atoms with E-state index in [4.69, 9.17) is 14.7 Å². The van der Waals surface area contributed by atoms with Gasteiger partial charge >= 0.3 is 7.32 Å². The number of hydrogen-bond donors (Lipinski definition) is 2. The molecule has 0 aromatic rings. The summed E-state index contributed by atoms with van der Waals surface area (Å²) in [7, 11) is -1.67. The van der Waals surface area contributed by atoms with Crippen LogP contribution in [0.2, 0.25) is 0 Å². The maximum atomic E-state index is 8.72. The van der Waals surface area contributed by atoms with Crippen LogP contribution < -0.4 is 0 Å². The zero-order chi connectivity index (χ0) is 20.3. The van der Waals surface area contributed by atoms with E-state index in [-0.39, 0.29) is 0 Å². The van der Waals surface area contributed by atoms with Crippen LogP contribution in [0.5, 0.6) is 0 Å². The molecule has 0 fully saturated rings. The molecule has 0 spiro atoms. The summed E-state index contributed by atoms with van der Waals surface area (Å²) in [5, 5.41) is 17.4. The maximum absolute atomic E-state index is 8.72. The van der Waals surface area contributed by atoms with Gasteiger partial charge in [0.15, 0.2) is 0 Å². The molecule has 0 saturated heterocycles. The Kier molecular flexibility index (Phi) is 16.4. The van der Waals surface area contributed by atoms with Crippen LogP contribution in [0, 0.1) is 0 Å². The molecule has 162 valence electrons. The molecule has 28 heavy (non-hydrogen) atoms. The zero-order valence-corrected chi connectivity index (χ0v) is 18.2. The Morgan fingerprint density at radius 2 is 1.54 bits per heavy atom. The summed E-state index contributed by atoms with van der Waals surface area (Å²) in [6, 6.07) is 0. The lowest BCUT2D eigenvalue weighted by atomic mass is 10.1. The zero-order valence-electron chi connectivity index (χ0n) is 18.2. The van der Waals surface area contributed by atoms with Crippen LogP contribution in [0.25, 0.3) is 0 Å². The molecule has 0 aliphatic carbocycles. The molecule has 1 heterocycles. The number of unbranched alkanes of at least 4 members (excludes halogenated alkanes) is 11. The Hall–Kier alpha value is -0.845. The fourth-order valence-corrected chi connectivity index (χ4v) is 3.63. The van der Waals surface area contributed by atoms with Crippen LogP contribution in [0.1, 0.15) is 96.8 Å². The highest BCUT2D eigenvalue weighted by atomic mass is 16.6. The SMILES string of the molecule is CCCCCCCC/C=C/CCCCCCCC1=NCCN1CCOB(O)O. The number of aliphatic imine (C=N–C) groups is 1. The Morgan fingerprint density at radius 1 is 0.929 bits per heavy atom. The van der Waals surface area contributed by atoms with Gasteiger partial charge in [-0.15, -0.1) is 0 Å². The average molecular weight is 394 g/mol. The second kappa shape index (κ2) is 18.2. The van der Waals surface area contributed by atoms with Gasteiger partial charge < -0.3 is 19.6 Å². The van der Waals surface area contributed by atoms with Crippen molar-refractivity contribution in [2.45, 2.75) is 96.8 Å². The molecule has 1 aliphatic heterocycles. The molecule has 0 unspecified atom stereocenters. The van der Waals surface area contributed by atoms with E-state index < -0.39 is 7.32 Å². The summed E-state index contributed by atoms with van der Waals surface area (Å²) in [4.78, 5) is 6.78. The van der Waals surface area contributed by atoms with Gasteiger partial charge in [0, 0.05) is 19.5 Å². The number of nitrogens with zero attached hydrogens (tertiary/aromatic N) is 2. The summed E-state index contributed by atoms with van der Waals surface area (Å²) in [6.45, 7) is 5.05. The van der Waals surface area contributed by atoms with Crippen molar-refractivity contribution in [3.8, 4) is 0 Å². The topological polar surface area (TPSA) is 65.3 Å². The van der Waals surface area contributed by atoms with Crippen molar-refractivity contribution < 1.29 is 14.7 Å². The summed E-state index contributed by atoms with van der Waals surface area (Å²) in [5.41, 5.74) is 0. The van der Waals surface area contributed by atoms with E-state index in [1.165, 1.54) is 83.5 Å². The van der Waals surface area contributed by atoms with Gasteiger partial charge in [-0.2, -0.15) is 0 Å². The Bertz CT molecular complexity index is 417. The largest absolute Gasteiger partial charge is 0.633 e. The van der Waals surface area contributed by atoms with Crippen molar-refractivity contribution in [3.63, 3.8) is 0 Å². The van der Waals surface area contributed by atoms with Crippen molar-refractivity contribution in [1.29, 1.82) is 0 Å². The molecule has 0 atom stereocenters. The fraction of sp³-hybridized carbons (Fsp3) is 0.864. The number of allylic oxidation sites excluding steroid dienone is 2. The standard InChI is InChI=1S/C22H43BN2O3/c1-2-3-4-5-6-7-8-9-10-11-12-13-14-15-16-17-22-24-18-19-25(22)20-21-28-23(26)27/h9-10,26-27H,2-8,11-21H2,1H3/b10-9+. The lowest BCUT2D eigenvalue weighted by Gasteiger charge is -2.20. The molecular formula is C22H43BN2O3. The molecule has 0 radical (unpaired) electrons. The highest BCUT2D eigenvalue weighted by Gasteiger charge is 2.17. The minimum atomic E-state index is -1.67. The predicted octanol–water partition coefficient (Wildman–Crippen LogP) is 4.72. The molecule has 1 aliphatic rings. The molecular weight excluding hydrogens is 351 g/mol. The van der Waals surface area contributed by atoms with Gasteiger partial charge in [0.25, 0.3) is 0 Å². The highest BCUT2D eigenvalue weighted by Crippen LogP contribution is 2.13. The van der Waals surface area contributed by atoms with Gasteiger partial charge in [-0.25, -0.2) is 0 Å². The highest BCUT2D eigenvalue weighted by molar-refractivity contribution is 6.32. The lowest BCUT2D eigenvalue weighted by Crippen LogP contribution is -2.33. The molecule has 6 heteroatoms. The first-order chi connectivity index (χ1) is 13.7. The summed E-state index contributed by atoms with van der Waals surface area (Å²) in [6.07, 6.45) is 22.9. The maximum Gasteiger partial charge on any atom is 0.633 e. The number of amidine groups is 1. The van der Waals surface area contributed by atoms with Gasteiger partial charge in [-0.05, 0) is 32.1 Å². The molecule has 1 rings (SSSR count). The van der Waals surface area contributed by atoms with E-state index >= 15 is 0 Å². The third kappa shape index (κ3) is 14.2. The molecule has 0 aromatic carbocycles. The van der Waals surface area contributed by atoms with E-state index in [0.29, 0.717) is 13.2 Å². The first-order valence-corrected chi connectivity index (χ1v) is 11.6. The lowest BCUT2D eigenvalue weighted by molar-refractivity contribution is 0.173. The van der Waals surface area contributed by atoms with Gasteiger partial charge in [0.05, 0.1) is 19.0 Å². The van der Waals surface area contributed by atoms with Crippen LogP contribution in [0.4, 0.5) is 0 Å². The molecule has 0 bridgehead atoms. The van der Waals surface area contributed by atoms with E-state index in [0.717, 1.165) is 25.3 Å². The summed E-state index contributed by atoms with van der Waals surface area (Å²) < 4.78 is 4.79. The van der Waals surface area contributed by atoms with E-state index in [9.17, 15) is 0 Å². The van der Waals surface area contributed by atoms with Crippen molar-refractivity contribution in [1.82, 2.24) is 4.90 Å². The van der Waals surface area contributed by atoms with Crippen molar-refractivity contribution in [2.75, 3.05) is 26.2 Å². The number of hydrogen-bond acceptors (Lipinski definition) is 5. The monoisotopic (exact) mass is 394 g/mol. The Labute approximate surface area is 173 Å². The predicted molar refractivity (Wildman–Crippen MR) is 119 cm³/mol. The summed E-state index contributed by atoms with van der Waals surface area (Å²) in [5.74, 6) is 1.16. The van der Waals surface area contributed by atoms with Crippen LogP contribution >= 0.6 is 0 Å². The van der Waals surface area contributed by atoms with Crippen LogP contribution in [0.3, 0.4) is 0 Å². The minimum Gasteiger partial charge on any atom is -0.402 e. The Balaban J connectivity index is 1.87. The second-order valence-electron chi connectivity index (χ2n) is 7.82. The third-order valence-corrected chi connectivity index (χ3v) is 5.32. The van der Waals surface area contributed by atoms with E-state index in [1.54, 1.807) is 0 Å². The third-order valence-electron chi connectivity index (χ3n) is 5.32. The van der Waals surface area contributed by atoms with Crippen LogP contribution in [-0.4, -0.2) is 54.3 Å². The van der Waals surface area contributed by atoms with Gasteiger partial charge in [-0.1, -0.05) is 70.4 Å². The van der Waals surface area contributed by atoms with Crippen molar-refractivity contribution in [2.24, 2.45) is 4.99 Å². The number of rotatable bonds is 19. The molecule has 0 amide bonds. The first-order valence-electron chi connectivity index (χ1n) is 11.6. The van der Waals surface area contributed by atoms with Gasteiger partial charge in [0.2, 0.25) is 0 Å². The quantitative estimate of drug-likeness (QED) is 0.189. The van der Waals surface area contributed by atoms with Gasteiger partial charge in [0.1, 0.15) is 0 Å². The minimum absolute atomic E-state index is 0.322. The van der Waals surface area contributed by atoms with Crippen molar-refractivity contribution >= 4 is 13.2 Å². The molecule has 0 aromatic heterocycles. The van der Waals surface area contributed by atoms with E-state index in [1.807, 2.05) is 0 Å². The van der Waals surface area contributed by atoms with Crippen LogP contribution in [0.15, 0.2) is 17.1 Å². The van der Waals surface area contributed by atoms with Crippen LogP contribution in [-0.2, 0) is 4.65 Å². The molecule has 2 N–H and O–H groups in total. The fourth-order valence-electron chi connectivity index (χ4n) is 3.63. The van der Waals surface area contributed by atoms with E-state index in [2.05, 4.69) is 29.0 Å². The average Bonchev–Trinajstić information content (AvgIpc) is 3.12. The van der Waals surface area contributed by atoms with Crippen molar-refractivity contribution in [3.05, 3.63) is 12.2 Å². The normalized spacial score (nSPS) is 14.2. The second-order valence-corrected chi connectivity index (χ2v) is 7.82. The summed E-state index contributed by atoms with van der Waals surface area (Å²) >= 11 is 0. The molecule has 5 nitrogen and oxygen atoms in total. The smallest absolute Gasteiger partial charge is 0.402 e. The Morgan fingerprint density at radius 3 is 2.18 bits per heavy atom. The molecule has 0 saturated carbocycles. The van der Waals surface area contributed by atoms with Gasteiger partial charge in [-0.3, -0.25) is 4.99 Å².